The molecule has 0 spiro atoms. The third-order valence-electron chi connectivity index (χ3n) is 2.17. The molecule has 12 heavy (non-hydrogen) atoms. The molecule has 0 unspecified atom stereocenters. The van der Waals surface area contributed by atoms with E-state index in [1.165, 1.54) is 16.7 Å². The average Bonchev–Trinajstić information content (AvgIpc) is 2.17. The zero-order chi connectivity index (χ0) is 8.39. The molecule has 0 saturated carbocycles. The second-order valence-electron chi connectivity index (χ2n) is 2.92. The normalized spacial score (nSPS) is 15.2. The fourth-order valence-electron chi connectivity index (χ4n) is 1.54. The van der Waals surface area contributed by atoms with E-state index in [9.17, 15) is 0 Å². The molecule has 0 atom stereocenters. The number of hydrogen-bond acceptors (Lipinski definition) is 1. The van der Waals surface area contributed by atoms with Crippen molar-refractivity contribution in [2.75, 3.05) is 6.54 Å². The van der Waals surface area contributed by atoms with E-state index in [0.717, 1.165) is 13.1 Å². The molecule has 0 bridgehead atoms. The van der Waals surface area contributed by atoms with Gasteiger partial charge in [0.2, 0.25) is 0 Å². The minimum atomic E-state index is 0.889. The van der Waals surface area contributed by atoms with Crippen LogP contribution in [0.15, 0.2) is 36.6 Å². The molecule has 1 aliphatic rings. The lowest BCUT2D eigenvalue weighted by Crippen LogP contribution is -2.22. The number of fused-ring (bicyclic) bond motifs is 1. The maximum atomic E-state index is 3.68. The molecule has 1 heteroatoms. The van der Waals surface area contributed by atoms with E-state index >= 15 is 0 Å². The van der Waals surface area contributed by atoms with Crippen LogP contribution in [0, 0.1) is 0 Å². The molecule has 60 valence electrons. The molecule has 0 aromatic heterocycles. The number of nitrogens with one attached hydrogen (secondary N) is 1. The van der Waals surface area contributed by atoms with Gasteiger partial charge < -0.3 is 5.32 Å². The third kappa shape index (κ3) is 1.10. The minimum Gasteiger partial charge on any atom is -0.308 e. The Labute approximate surface area is 72.4 Å². The van der Waals surface area contributed by atoms with Gasteiger partial charge in [0.1, 0.15) is 0 Å². The fourth-order valence-corrected chi connectivity index (χ4v) is 1.54. The Kier molecular flexibility index (Phi) is 1.83. The van der Waals surface area contributed by atoms with Gasteiger partial charge in [0, 0.05) is 18.7 Å². The van der Waals surface area contributed by atoms with Gasteiger partial charge in [0.15, 0.2) is 0 Å². The van der Waals surface area contributed by atoms with Crippen LogP contribution in [0.2, 0.25) is 0 Å². The Morgan fingerprint density at radius 2 is 2.08 bits per heavy atom. The van der Waals surface area contributed by atoms with Gasteiger partial charge in [-0.25, -0.2) is 0 Å². The molecule has 0 aliphatic carbocycles. The van der Waals surface area contributed by atoms with Gasteiger partial charge in [-0.3, -0.25) is 0 Å². The van der Waals surface area contributed by atoms with Gasteiger partial charge in [-0.15, -0.1) is 5.73 Å². The zero-order valence-corrected chi connectivity index (χ0v) is 6.93. The lowest BCUT2D eigenvalue weighted by molar-refractivity contribution is 0.744. The fraction of sp³-hybridized carbons (Fsp3) is 0.182. The number of benzene rings is 1. The van der Waals surface area contributed by atoms with Gasteiger partial charge in [0.25, 0.3) is 0 Å². The summed E-state index contributed by atoms with van der Waals surface area (Å²) in [5.41, 5.74) is 6.78. The number of hydrogen-bond donors (Lipinski definition) is 1. The highest BCUT2D eigenvalue weighted by Gasteiger charge is 2.10. The predicted molar refractivity (Wildman–Crippen MR) is 50.7 cm³/mol. The minimum absolute atomic E-state index is 0.889. The summed E-state index contributed by atoms with van der Waals surface area (Å²) in [6.07, 6.45) is 0. The van der Waals surface area contributed by atoms with Crippen molar-refractivity contribution in [3.05, 3.63) is 47.7 Å². The molecule has 0 amide bonds. The maximum Gasteiger partial charge on any atom is 0.0287 e. The lowest BCUT2D eigenvalue weighted by atomic mass is 9.97. The van der Waals surface area contributed by atoms with E-state index in [-0.39, 0.29) is 0 Å². The maximum absolute atomic E-state index is 3.68. The summed E-state index contributed by atoms with van der Waals surface area (Å²) in [5.74, 6) is 0. The Bertz CT molecular complexity index is 346. The Hall–Kier alpha value is -1.30. The quantitative estimate of drug-likeness (QED) is 0.568. The topological polar surface area (TPSA) is 12.0 Å². The smallest absolute Gasteiger partial charge is 0.0287 e. The third-order valence-corrected chi connectivity index (χ3v) is 2.17. The number of rotatable bonds is 0. The molecule has 2 rings (SSSR count). The van der Waals surface area contributed by atoms with Crippen molar-refractivity contribution in [3.8, 4) is 0 Å². The first-order valence-electron chi connectivity index (χ1n) is 4.10. The summed E-state index contributed by atoms with van der Waals surface area (Å²) in [5, 5.41) is 3.30. The summed E-state index contributed by atoms with van der Waals surface area (Å²) in [6, 6.07) is 8.39. The molecule has 1 N–H and O–H groups in total. The molecule has 0 radical (unpaired) electrons. The summed E-state index contributed by atoms with van der Waals surface area (Å²) in [7, 11) is 0. The van der Waals surface area contributed by atoms with Crippen molar-refractivity contribution in [1.82, 2.24) is 5.32 Å². The first kappa shape index (κ1) is 7.35. The van der Waals surface area contributed by atoms with Crippen molar-refractivity contribution in [2.45, 2.75) is 6.54 Å². The van der Waals surface area contributed by atoms with Crippen molar-refractivity contribution in [3.63, 3.8) is 0 Å². The Balaban J connectivity index is 2.58. The second-order valence-corrected chi connectivity index (χ2v) is 2.92. The van der Waals surface area contributed by atoms with Gasteiger partial charge in [0.05, 0.1) is 0 Å². The Morgan fingerprint density at radius 1 is 1.25 bits per heavy atom. The van der Waals surface area contributed by atoms with E-state index in [1.807, 2.05) is 0 Å². The van der Waals surface area contributed by atoms with Gasteiger partial charge in [-0.05, 0) is 11.1 Å². The lowest BCUT2D eigenvalue weighted by Gasteiger charge is -2.17. The van der Waals surface area contributed by atoms with Gasteiger partial charge in [-0.1, -0.05) is 30.8 Å². The molecular weight excluding hydrogens is 146 g/mol. The van der Waals surface area contributed by atoms with Crippen LogP contribution in [0.3, 0.4) is 0 Å². The van der Waals surface area contributed by atoms with Crippen molar-refractivity contribution < 1.29 is 0 Å². The summed E-state index contributed by atoms with van der Waals surface area (Å²) in [4.78, 5) is 0. The van der Waals surface area contributed by atoms with E-state index in [1.54, 1.807) is 0 Å². The van der Waals surface area contributed by atoms with Crippen LogP contribution in [0.5, 0.6) is 0 Å². The van der Waals surface area contributed by atoms with Crippen LogP contribution in [0.4, 0.5) is 0 Å². The summed E-state index contributed by atoms with van der Waals surface area (Å²) < 4.78 is 0. The van der Waals surface area contributed by atoms with Gasteiger partial charge in [-0.2, -0.15) is 0 Å². The highest BCUT2D eigenvalue weighted by molar-refractivity contribution is 5.70. The Morgan fingerprint density at radius 3 is 2.92 bits per heavy atom. The van der Waals surface area contributed by atoms with Crippen LogP contribution in [0.1, 0.15) is 11.1 Å². The molecule has 1 aromatic carbocycles. The highest BCUT2D eigenvalue weighted by atomic mass is 14.9. The van der Waals surface area contributed by atoms with Crippen LogP contribution < -0.4 is 5.32 Å². The van der Waals surface area contributed by atoms with Crippen LogP contribution >= 0.6 is 0 Å². The van der Waals surface area contributed by atoms with E-state index in [2.05, 4.69) is 41.9 Å². The predicted octanol–water partition coefficient (Wildman–Crippen LogP) is 1.96. The molecular formula is C11H11N. The molecule has 0 fully saturated rings. The zero-order valence-electron chi connectivity index (χ0n) is 6.93. The monoisotopic (exact) mass is 157 g/mol. The van der Waals surface area contributed by atoms with E-state index < -0.39 is 0 Å². The van der Waals surface area contributed by atoms with E-state index in [0.29, 0.717) is 0 Å². The van der Waals surface area contributed by atoms with Crippen molar-refractivity contribution >= 4 is 5.57 Å². The molecule has 1 aromatic rings. The largest absolute Gasteiger partial charge is 0.308 e. The first-order valence-corrected chi connectivity index (χ1v) is 4.10. The van der Waals surface area contributed by atoms with Crippen LogP contribution in [-0.4, -0.2) is 6.54 Å². The summed E-state index contributed by atoms with van der Waals surface area (Å²) in [6.45, 7) is 5.53. The first-order chi connectivity index (χ1) is 5.92. The standard InChI is InChI=1S/C11H11N/c1-2-9-7-12-8-10-5-3-4-6-11(9)10/h3-6,12H,1,7-8H2. The molecule has 1 aliphatic heterocycles. The van der Waals surface area contributed by atoms with Crippen LogP contribution in [0.25, 0.3) is 5.57 Å². The highest BCUT2D eigenvalue weighted by Crippen LogP contribution is 2.20. The summed E-state index contributed by atoms with van der Waals surface area (Å²) >= 11 is 0. The van der Waals surface area contributed by atoms with Crippen LogP contribution in [-0.2, 0) is 6.54 Å². The average molecular weight is 157 g/mol. The van der Waals surface area contributed by atoms with Gasteiger partial charge >= 0.3 is 0 Å². The molecule has 1 heterocycles. The van der Waals surface area contributed by atoms with Crippen molar-refractivity contribution in [1.29, 1.82) is 0 Å². The van der Waals surface area contributed by atoms with Crippen molar-refractivity contribution in [2.24, 2.45) is 0 Å². The SMILES string of the molecule is C=C=C1CNCc2ccccc21. The van der Waals surface area contributed by atoms with E-state index in [4.69, 9.17) is 0 Å². The molecule has 1 nitrogen and oxygen atoms in total. The second kappa shape index (κ2) is 2.98. The molecule has 0 saturated heterocycles.